The van der Waals surface area contributed by atoms with Gasteiger partial charge in [0.25, 0.3) is 5.91 Å². The van der Waals surface area contributed by atoms with Crippen LogP contribution in [0.15, 0.2) is 29.2 Å². The zero-order chi connectivity index (χ0) is 20.6. The van der Waals surface area contributed by atoms with Crippen molar-refractivity contribution in [1.82, 2.24) is 19.0 Å². The Hall–Kier alpha value is -2.40. The Balaban J connectivity index is 1.78. The SMILES string of the molecule is Cc1nn(C(F)F)c(C)c1S(=O)(=O)N1CCN(C(=O)c2ccccc2F)CC1. The summed E-state index contributed by atoms with van der Waals surface area (Å²) in [6.07, 6.45) is 0. The predicted molar refractivity (Wildman–Crippen MR) is 94.0 cm³/mol. The fourth-order valence-corrected chi connectivity index (χ4v) is 5.06. The van der Waals surface area contributed by atoms with Crippen LogP contribution in [0.4, 0.5) is 13.2 Å². The van der Waals surface area contributed by atoms with Gasteiger partial charge in [0.2, 0.25) is 10.0 Å². The summed E-state index contributed by atoms with van der Waals surface area (Å²) in [5, 5.41) is 3.62. The van der Waals surface area contributed by atoms with Crippen LogP contribution in [0.25, 0.3) is 0 Å². The van der Waals surface area contributed by atoms with Crippen LogP contribution in [0.5, 0.6) is 0 Å². The second-order valence-corrected chi connectivity index (χ2v) is 8.27. The van der Waals surface area contributed by atoms with Crippen molar-refractivity contribution in [2.45, 2.75) is 25.3 Å². The zero-order valence-corrected chi connectivity index (χ0v) is 16.1. The van der Waals surface area contributed by atoms with Crippen LogP contribution in [0.1, 0.15) is 28.3 Å². The number of hydrogen-bond acceptors (Lipinski definition) is 4. The molecule has 1 aliphatic heterocycles. The van der Waals surface area contributed by atoms with Gasteiger partial charge in [-0.15, -0.1) is 0 Å². The standard InChI is InChI=1S/C17H19F3N4O3S/c1-11-15(12(2)24(21-11)17(19)20)28(26,27)23-9-7-22(8-10-23)16(25)13-5-3-4-6-14(13)18/h3-6,17H,7-10H2,1-2H3. The van der Waals surface area contributed by atoms with E-state index in [4.69, 9.17) is 0 Å². The first-order valence-corrected chi connectivity index (χ1v) is 9.96. The molecular formula is C17H19F3N4O3S. The van der Waals surface area contributed by atoms with E-state index in [0.717, 1.165) is 4.31 Å². The minimum Gasteiger partial charge on any atom is -0.336 e. The quantitative estimate of drug-likeness (QED) is 0.766. The number of alkyl halides is 2. The summed E-state index contributed by atoms with van der Waals surface area (Å²) in [6, 6.07) is 5.57. The summed E-state index contributed by atoms with van der Waals surface area (Å²) >= 11 is 0. The molecule has 0 bridgehead atoms. The highest BCUT2D eigenvalue weighted by Crippen LogP contribution is 2.27. The number of aromatic nitrogens is 2. The van der Waals surface area contributed by atoms with E-state index < -0.39 is 28.3 Å². The number of piperazine rings is 1. The van der Waals surface area contributed by atoms with Gasteiger partial charge in [0, 0.05) is 26.2 Å². The Labute approximate surface area is 160 Å². The average Bonchev–Trinajstić information content (AvgIpc) is 2.97. The van der Waals surface area contributed by atoms with Crippen LogP contribution < -0.4 is 0 Å². The monoisotopic (exact) mass is 416 g/mol. The molecule has 1 aromatic carbocycles. The largest absolute Gasteiger partial charge is 0.336 e. The number of nitrogens with zero attached hydrogens (tertiary/aromatic N) is 4. The molecule has 0 radical (unpaired) electrons. The van der Waals surface area contributed by atoms with Crippen LogP contribution in [0.2, 0.25) is 0 Å². The minimum atomic E-state index is -4.05. The fourth-order valence-electron chi connectivity index (χ4n) is 3.28. The highest BCUT2D eigenvalue weighted by molar-refractivity contribution is 7.89. The Morgan fingerprint density at radius 3 is 2.25 bits per heavy atom. The first-order chi connectivity index (χ1) is 13.1. The zero-order valence-electron chi connectivity index (χ0n) is 15.3. The van der Waals surface area contributed by atoms with Crippen LogP contribution >= 0.6 is 0 Å². The second kappa shape index (κ2) is 7.55. The average molecular weight is 416 g/mol. The van der Waals surface area contributed by atoms with Crippen LogP contribution in [-0.2, 0) is 10.0 Å². The number of aryl methyl sites for hydroxylation is 1. The van der Waals surface area contributed by atoms with Crippen molar-refractivity contribution in [3.63, 3.8) is 0 Å². The lowest BCUT2D eigenvalue weighted by Crippen LogP contribution is -2.50. The normalized spacial score (nSPS) is 16.0. The van der Waals surface area contributed by atoms with Crippen LogP contribution in [0, 0.1) is 19.7 Å². The summed E-state index contributed by atoms with van der Waals surface area (Å²) in [5.74, 6) is -1.17. The Morgan fingerprint density at radius 1 is 1.11 bits per heavy atom. The third-order valence-corrected chi connectivity index (χ3v) is 6.82. The summed E-state index contributed by atoms with van der Waals surface area (Å²) in [7, 11) is -4.05. The summed E-state index contributed by atoms with van der Waals surface area (Å²) in [5.41, 5.74) is -0.233. The molecule has 1 amide bonds. The van der Waals surface area contributed by atoms with Gasteiger partial charge < -0.3 is 4.90 Å². The number of rotatable bonds is 4. The molecule has 0 N–H and O–H groups in total. The molecule has 2 aromatic rings. The highest BCUT2D eigenvalue weighted by atomic mass is 32.2. The molecule has 3 rings (SSSR count). The lowest BCUT2D eigenvalue weighted by atomic mass is 10.1. The van der Waals surface area contributed by atoms with E-state index in [9.17, 15) is 26.4 Å². The van der Waals surface area contributed by atoms with Gasteiger partial charge in [0.15, 0.2) is 0 Å². The van der Waals surface area contributed by atoms with Gasteiger partial charge in [-0.05, 0) is 26.0 Å². The van der Waals surface area contributed by atoms with E-state index in [1.54, 1.807) is 6.07 Å². The number of hydrogen-bond donors (Lipinski definition) is 0. The topological polar surface area (TPSA) is 75.5 Å². The summed E-state index contributed by atoms with van der Waals surface area (Å²) < 4.78 is 67.2. The van der Waals surface area contributed by atoms with E-state index in [1.165, 1.54) is 36.9 Å². The molecule has 0 aliphatic carbocycles. The maximum absolute atomic E-state index is 13.8. The fraction of sp³-hybridized carbons (Fsp3) is 0.412. The van der Waals surface area contributed by atoms with Gasteiger partial charge in [-0.1, -0.05) is 12.1 Å². The van der Waals surface area contributed by atoms with Crippen molar-refractivity contribution in [2.75, 3.05) is 26.2 Å². The molecule has 11 heteroatoms. The summed E-state index contributed by atoms with van der Waals surface area (Å²) in [4.78, 5) is 13.6. The number of sulfonamides is 1. The third-order valence-electron chi connectivity index (χ3n) is 4.67. The molecule has 0 atom stereocenters. The van der Waals surface area contributed by atoms with Gasteiger partial charge in [-0.3, -0.25) is 4.79 Å². The molecule has 1 fully saturated rings. The van der Waals surface area contributed by atoms with E-state index >= 15 is 0 Å². The number of amides is 1. The molecule has 1 aliphatic rings. The second-order valence-electron chi connectivity index (χ2n) is 6.40. The summed E-state index contributed by atoms with van der Waals surface area (Å²) in [6.45, 7) is -0.241. The molecule has 152 valence electrons. The van der Waals surface area contributed by atoms with E-state index in [2.05, 4.69) is 5.10 Å². The van der Waals surface area contributed by atoms with Gasteiger partial charge in [-0.25, -0.2) is 17.5 Å². The smallest absolute Gasteiger partial charge is 0.333 e. The Morgan fingerprint density at radius 2 is 1.71 bits per heavy atom. The lowest BCUT2D eigenvalue weighted by molar-refractivity contribution is 0.0538. The molecule has 1 saturated heterocycles. The maximum atomic E-state index is 13.8. The third kappa shape index (κ3) is 3.51. The number of halogens is 3. The molecule has 2 heterocycles. The molecule has 28 heavy (non-hydrogen) atoms. The van der Waals surface area contributed by atoms with Gasteiger partial charge in [-0.2, -0.15) is 18.2 Å². The van der Waals surface area contributed by atoms with Crippen molar-refractivity contribution in [3.05, 3.63) is 47.0 Å². The van der Waals surface area contributed by atoms with E-state index in [-0.39, 0.29) is 48.0 Å². The molecule has 1 aromatic heterocycles. The Kier molecular flexibility index (Phi) is 5.48. The van der Waals surface area contributed by atoms with Crippen molar-refractivity contribution >= 4 is 15.9 Å². The molecule has 0 spiro atoms. The maximum Gasteiger partial charge on any atom is 0.333 e. The molecule has 0 unspecified atom stereocenters. The first-order valence-electron chi connectivity index (χ1n) is 8.52. The predicted octanol–water partition coefficient (Wildman–Crippen LogP) is 2.18. The molecule has 7 nitrogen and oxygen atoms in total. The first kappa shape index (κ1) is 20.3. The van der Waals surface area contributed by atoms with Crippen molar-refractivity contribution in [1.29, 1.82) is 0 Å². The molecule has 0 saturated carbocycles. The Bertz CT molecular complexity index is 999. The highest BCUT2D eigenvalue weighted by Gasteiger charge is 2.35. The van der Waals surface area contributed by atoms with Crippen molar-refractivity contribution in [3.8, 4) is 0 Å². The number of carbonyl (C=O) groups excluding carboxylic acids is 1. The number of benzene rings is 1. The minimum absolute atomic E-state index is 0.0114. The van der Waals surface area contributed by atoms with Gasteiger partial charge >= 0.3 is 6.55 Å². The molecular weight excluding hydrogens is 397 g/mol. The van der Waals surface area contributed by atoms with Gasteiger partial charge in [0.05, 0.1) is 17.0 Å². The van der Waals surface area contributed by atoms with Crippen LogP contribution in [0.3, 0.4) is 0 Å². The van der Waals surface area contributed by atoms with Crippen molar-refractivity contribution in [2.24, 2.45) is 0 Å². The lowest BCUT2D eigenvalue weighted by Gasteiger charge is -2.34. The van der Waals surface area contributed by atoms with Crippen molar-refractivity contribution < 1.29 is 26.4 Å². The van der Waals surface area contributed by atoms with Gasteiger partial charge in [0.1, 0.15) is 10.7 Å². The van der Waals surface area contributed by atoms with E-state index in [0.29, 0.717) is 4.68 Å². The van der Waals surface area contributed by atoms with E-state index in [1.807, 2.05) is 0 Å². The number of carbonyl (C=O) groups is 1. The van der Waals surface area contributed by atoms with Crippen LogP contribution in [-0.4, -0.2) is 59.5 Å².